The van der Waals surface area contributed by atoms with Crippen LogP contribution in [0, 0.1) is 11.8 Å². The molecule has 4 N–H and O–H groups in total. The largest absolute Gasteiger partial charge is 0.416 e. The average Bonchev–Trinajstić information content (AvgIpc) is 3.38. The molecule has 0 aliphatic heterocycles. The molecule has 9 nitrogen and oxygen atoms in total. The number of amides is 2. The maximum atomic E-state index is 12.7. The Bertz CT molecular complexity index is 1100. The molecule has 0 fully saturated rings. The van der Waals surface area contributed by atoms with Gasteiger partial charge in [0.05, 0.1) is 25.3 Å². The molecule has 37 heavy (non-hydrogen) atoms. The summed E-state index contributed by atoms with van der Waals surface area (Å²) in [6.45, 7) is 7.86. The van der Waals surface area contributed by atoms with Gasteiger partial charge in [0.2, 0.25) is 11.8 Å². The van der Waals surface area contributed by atoms with Gasteiger partial charge in [-0.2, -0.15) is 0 Å². The Balaban J connectivity index is 1.75. The summed E-state index contributed by atoms with van der Waals surface area (Å²) < 4.78 is 5.87. The molecule has 0 aliphatic rings. The quantitative estimate of drug-likeness (QED) is 0.293. The van der Waals surface area contributed by atoms with Gasteiger partial charge in [-0.3, -0.25) is 9.59 Å². The molecular weight excluding hydrogens is 472 g/mol. The number of nitrogens with one attached hydrogen (secondary N) is 2. The van der Waals surface area contributed by atoms with Crippen LogP contribution < -0.4 is 10.6 Å². The predicted octanol–water partition coefficient (Wildman–Crippen LogP) is 3.68. The van der Waals surface area contributed by atoms with Crippen molar-refractivity contribution in [3.63, 3.8) is 0 Å². The van der Waals surface area contributed by atoms with Gasteiger partial charge in [-0.25, -0.2) is 0 Å². The monoisotopic (exact) mass is 508 g/mol. The predicted molar refractivity (Wildman–Crippen MR) is 141 cm³/mol. The second-order valence-corrected chi connectivity index (χ2v) is 10.0. The summed E-state index contributed by atoms with van der Waals surface area (Å²) in [6.07, 6.45) is 1.34. The van der Waals surface area contributed by atoms with Crippen molar-refractivity contribution in [2.24, 2.45) is 11.8 Å². The molecule has 2 atom stereocenters. The van der Waals surface area contributed by atoms with E-state index in [1.807, 2.05) is 27.7 Å². The van der Waals surface area contributed by atoms with E-state index in [2.05, 4.69) is 20.8 Å². The van der Waals surface area contributed by atoms with E-state index in [1.54, 1.807) is 48.5 Å². The zero-order valence-corrected chi connectivity index (χ0v) is 21.8. The molecule has 2 aromatic carbocycles. The Labute approximate surface area is 217 Å². The lowest BCUT2D eigenvalue weighted by molar-refractivity contribution is 0.0901. The third-order valence-electron chi connectivity index (χ3n) is 5.79. The number of hydrogen-bond acceptors (Lipinski definition) is 7. The molecule has 0 bridgehead atoms. The number of aromatic nitrogens is 2. The number of aliphatic hydroxyl groups is 2. The lowest BCUT2D eigenvalue weighted by Gasteiger charge is -2.18. The Morgan fingerprint density at radius 3 is 1.51 bits per heavy atom. The van der Waals surface area contributed by atoms with Crippen LogP contribution in [0.2, 0.25) is 0 Å². The summed E-state index contributed by atoms with van der Waals surface area (Å²) in [4.78, 5) is 25.4. The van der Waals surface area contributed by atoms with Crippen LogP contribution in [0.4, 0.5) is 0 Å². The summed E-state index contributed by atoms with van der Waals surface area (Å²) in [5.41, 5.74) is 1.98. The minimum Gasteiger partial charge on any atom is -0.416 e. The molecule has 0 radical (unpaired) electrons. The zero-order chi connectivity index (χ0) is 26.9. The van der Waals surface area contributed by atoms with Crippen LogP contribution in [0.3, 0.4) is 0 Å². The number of nitrogens with zero attached hydrogens (tertiary/aromatic N) is 2. The standard InChI is InChI=1S/C28H36N4O5/c1-17(2)11-23(15-33)29-25(35)19-7-5-9-21(13-19)27-31-32-28(37-27)22-10-6-8-20(14-22)26(36)30-24(16-34)12-18(3)4/h5-10,13-14,17-18,23-24,33-34H,11-12,15-16H2,1-4H3,(H,29,35)(H,30,36)/t23-,24-/m0/s1. The highest BCUT2D eigenvalue weighted by Crippen LogP contribution is 2.25. The molecule has 0 saturated heterocycles. The van der Waals surface area contributed by atoms with Gasteiger partial charge < -0.3 is 25.3 Å². The van der Waals surface area contributed by atoms with Crippen LogP contribution in [0.5, 0.6) is 0 Å². The van der Waals surface area contributed by atoms with E-state index in [-0.39, 0.29) is 48.9 Å². The first-order valence-electron chi connectivity index (χ1n) is 12.6. The highest BCUT2D eigenvalue weighted by Gasteiger charge is 2.18. The van der Waals surface area contributed by atoms with Crippen LogP contribution in [-0.4, -0.2) is 57.5 Å². The van der Waals surface area contributed by atoms with Crippen LogP contribution in [0.25, 0.3) is 22.9 Å². The molecule has 1 heterocycles. The van der Waals surface area contributed by atoms with Crippen molar-refractivity contribution in [3.8, 4) is 22.9 Å². The number of carbonyl (C=O) groups excluding carboxylic acids is 2. The highest BCUT2D eigenvalue weighted by atomic mass is 16.4. The van der Waals surface area contributed by atoms with E-state index in [4.69, 9.17) is 4.42 Å². The van der Waals surface area contributed by atoms with Gasteiger partial charge in [0, 0.05) is 22.3 Å². The van der Waals surface area contributed by atoms with Crippen LogP contribution in [0.1, 0.15) is 61.3 Å². The molecular formula is C28H36N4O5. The lowest BCUT2D eigenvalue weighted by atomic mass is 10.0. The summed E-state index contributed by atoms with van der Waals surface area (Å²) in [6, 6.07) is 13.0. The maximum Gasteiger partial charge on any atom is 0.251 e. The van der Waals surface area contributed by atoms with Crippen LogP contribution in [-0.2, 0) is 0 Å². The van der Waals surface area contributed by atoms with Crippen molar-refractivity contribution in [2.45, 2.75) is 52.6 Å². The van der Waals surface area contributed by atoms with Crippen LogP contribution in [0.15, 0.2) is 52.9 Å². The fourth-order valence-corrected chi connectivity index (χ4v) is 4.08. The number of carbonyl (C=O) groups is 2. The smallest absolute Gasteiger partial charge is 0.251 e. The zero-order valence-electron chi connectivity index (χ0n) is 21.8. The molecule has 0 aliphatic carbocycles. The topological polar surface area (TPSA) is 138 Å². The van der Waals surface area contributed by atoms with Crippen molar-refractivity contribution in [1.82, 2.24) is 20.8 Å². The molecule has 3 rings (SSSR count). The minimum absolute atomic E-state index is 0.133. The van der Waals surface area contributed by atoms with Crippen molar-refractivity contribution >= 4 is 11.8 Å². The molecule has 9 heteroatoms. The third-order valence-corrected chi connectivity index (χ3v) is 5.79. The summed E-state index contributed by atoms with van der Waals surface area (Å²) >= 11 is 0. The maximum absolute atomic E-state index is 12.7. The van der Waals surface area contributed by atoms with E-state index in [0.29, 0.717) is 46.9 Å². The molecule has 3 aromatic rings. The molecule has 1 aromatic heterocycles. The summed E-state index contributed by atoms with van der Waals surface area (Å²) in [5, 5.41) is 33.1. The van der Waals surface area contributed by atoms with E-state index in [1.165, 1.54) is 0 Å². The normalized spacial score (nSPS) is 13.0. The van der Waals surface area contributed by atoms with Crippen molar-refractivity contribution in [2.75, 3.05) is 13.2 Å². The minimum atomic E-state index is -0.325. The fraction of sp³-hybridized carbons (Fsp3) is 0.429. The lowest BCUT2D eigenvalue weighted by Crippen LogP contribution is -2.38. The van der Waals surface area contributed by atoms with E-state index in [0.717, 1.165) is 0 Å². The molecule has 198 valence electrons. The van der Waals surface area contributed by atoms with Gasteiger partial charge in [-0.15, -0.1) is 10.2 Å². The van der Waals surface area contributed by atoms with E-state index < -0.39 is 0 Å². The molecule has 2 amide bonds. The van der Waals surface area contributed by atoms with Crippen molar-refractivity contribution in [1.29, 1.82) is 0 Å². The SMILES string of the molecule is CC(C)C[C@@H](CO)NC(=O)c1cccc(-c2nnc(-c3cccc(C(=O)N[C@H](CO)CC(C)C)c3)o2)c1. The summed E-state index contributed by atoms with van der Waals surface area (Å²) in [5.74, 6) is 0.551. The number of rotatable bonds is 12. The van der Waals surface area contributed by atoms with E-state index in [9.17, 15) is 19.8 Å². The Hall–Kier alpha value is -3.56. The second-order valence-electron chi connectivity index (χ2n) is 10.0. The number of benzene rings is 2. The first-order chi connectivity index (χ1) is 17.7. The summed E-state index contributed by atoms with van der Waals surface area (Å²) in [7, 11) is 0. The first kappa shape index (κ1) is 28.0. The highest BCUT2D eigenvalue weighted by molar-refractivity contribution is 5.96. The fourth-order valence-electron chi connectivity index (χ4n) is 4.08. The second kappa shape index (κ2) is 13.1. The Morgan fingerprint density at radius 1 is 0.757 bits per heavy atom. The van der Waals surface area contributed by atoms with Gasteiger partial charge in [0.25, 0.3) is 11.8 Å². The number of hydrogen-bond donors (Lipinski definition) is 4. The van der Waals surface area contributed by atoms with Crippen LogP contribution >= 0.6 is 0 Å². The van der Waals surface area contributed by atoms with E-state index >= 15 is 0 Å². The Morgan fingerprint density at radius 2 is 1.16 bits per heavy atom. The number of aliphatic hydroxyl groups excluding tert-OH is 2. The van der Waals surface area contributed by atoms with Crippen molar-refractivity contribution in [3.05, 3.63) is 59.7 Å². The average molecular weight is 509 g/mol. The third kappa shape index (κ3) is 7.96. The van der Waals surface area contributed by atoms with Gasteiger partial charge >= 0.3 is 0 Å². The van der Waals surface area contributed by atoms with Gasteiger partial charge in [0.1, 0.15) is 0 Å². The van der Waals surface area contributed by atoms with Gasteiger partial charge in [-0.05, 0) is 61.1 Å². The van der Waals surface area contributed by atoms with Gasteiger partial charge in [0.15, 0.2) is 0 Å². The van der Waals surface area contributed by atoms with Crippen molar-refractivity contribution < 1.29 is 24.2 Å². The Kier molecular flexibility index (Phi) is 9.93. The molecule has 0 spiro atoms. The first-order valence-corrected chi connectivity index (χ1v) is 12.6. The molecule has 0 unspecified atom stereocenters. The van der Waals surface area contributed by atoms with Gasteiger partial charge in [-0.1, -0.05) is 39.8 Å². The molecule has 0 saturated carbocycles.